The Morgan fingerprint density at radius 2 is 2.40 bits per heavy atom. The molecule has 1 saturated heterocycles. The molecule has 2 heterocycles. The summed E-state index contributed by atoms with van der Waals surface area (Å²) < 4.78 is 0. The molecular weight excluding hydrogens is 204 g/mol. The molecule has 0 saturated carbocycles. The van der Waals surface area contributed by atoms with Gasteiger partial charge in [0.25, 0.3) is 0 Å². The molecule has 84 valence electrons. The molecule has 1 aliphatic rings. The molecule has 1 aliphatic heterocycles. The largest absolute Gasteiger partial charge is 0.313 e. The molecule has 2 atom stereocenters. The van der Waals surface area contributed by atoms with Crippen LogP contribution in [-0.4, -0.2) is 30.1 Å². The molecule has 1 N–H and O–H groups in total. The summed E-state index contributed by atoms with van der Waals surface area (Å²) in [6.45, 7) is 8.04. The first-order chi connectivity index (χ1) is 7.25. The van der Waals surface area contributed by atoms with Gasteiger partial charge in [0.2, 0.25) is 0 Å². The zero-order valence-corrected chi connectivity index (χ0v) is 10.4. The van der Waals surface area contributed by atoms with Gasteiger partial charge in [0.15, 0.2) is 0 Å². The number of nitrogens with one attached hydrogen (secondary N) is 1. The monoisotopic (exact) mass is 224 g/mol. The SMILES string of the molecule is CC1CN(Cc2ccsc2)C(C)CCN1. The number of nitrogens with zero attached hydrogens (tertiary/aromatic N) is 1. The van der Waals surface area contributed by atoms with Gasteiger partial charge in [-0.25, -0.2) is 0 Å². The summed E-state index contributed by atoms with van der Waals surface area (Å²) in [5.41, 5.74) is 1.46. The van der Waals surface area contributed by atoms with E-state index in [-0.39, 0.29) is 0 Å². The van der Waals surface area contributed by atoms with Gasteiger partial charge in [-0.15, -0.1) is 0 Å². The molecule has 0 aromatic carbocycles. The van der Waals surface area contributed by atoms with Crippen molar-refractivity contribution in [2.75, 3.05) is 13.1 Å². The first-order valence-corrected chi connectivity index (χ1v) is 6.68. The lowest BCUT2D eigenvalue weighted by molar-refractivity contribution is 0.199. The summed E-state index contributed by atoms with van der Waals surface area (Å²) in [5.74, 6) is 0. The maximum absolute atomic E-state index is 3.55. The molecule has 0 radical (unpaired) electrons. The fourth-order valence-electron chi connectivity index (χ4n) is 2.15. The normalized spacial score (nSPS) is 28.9. The Balaban J connectivity index is 1.98. The number of thiophene rings is 1. The molecule has 15 heavy (non-hydrogen) atoms. The van der Waals surface area contributed by atoms with Crippen molar-refractivity contribution in [1.82, 2.24) is 10.2 Å². The van der Waals surface area contributed by atoms with E-state index < -0.39 is 0 Å². The van der Waals surface area contributed by atoms with Gasteiger partial charge in [-0.3, -0.25) is 4.90 Å². The minimum Gasteiger partial charge on any atom is -0.313 e. The van der Waals surface area contributed by atoms with Crippen LogP contribution >= 0.6 is 11.3 Å². The van der Waals surface area contributed by atoms with Crippen LogP contribution in [0.25, 0.3) is 0 Å². The predicted molar refractivity (Wildman–Crippen MR) is 66.3 cm³/mol. The van der Waals surface area contributed by atoms with Crippen molar-refractivity contribution in [1.29, 1.82) is 0 Å². The van der Waals surface area contributed by atoms with E-state index in [0.717, 1.165) is 19.6 Å². The maximum Gasteiger partial charge on any atom is 0.0245 e. The van der Waals surface area contributed by atoms with E-state index in [0.29, 0.717) is 12.1 Å². The smallest absolute Gasteiger partial charge is 0.0245 e. The van der Waals surface area contributed by atoms with Crippen molar-refractivity contribution in [3.63, 3.8) is 0 Å². The lowest BCUT2D eigenvalue weighted by atomic mass is 10.2. The molecule has 2 rings (SSSR count). The molecule has 2 nitrogen and oxygen atoms in total. The van der Waals surface area contributed by atoms with Crippen LogP contribution in [0.3, 0.4) is 0 Å². The molecule has 0 bridgehead atoms. The first kappa shape index (κ1) is 11.1. The third-order valence-electron chi connectivity index (χ3n) is 3.15. The highest BCUT2D eigenvalue weighted by atomic mass is 32.1. The molecule has 0 aliphatic carbocycles. The third kappa shape index (κ3) is 3.03. The predicted octanol–water partition coefficient (Wildman–Crippen LogP) is 2.32. The fourth-order valence-corrected chi connectivity index (χ4v) is 2.81. The Hall–Kier alpha value is -0.380. The van der Waals surface area contributed by atoms with Crippen LogP contribution in [0.15, 0.2) is 16.8 Å². The highest BCUT2D eigenvalue weighted by Gasteiger charge is 2.20. The zero-order chi connectivity index (χ0) is 10.7. The van der Waals surface area contributed by atoms with Crippen molar-refractivity contribution < 1.29 is 0 Å². The Morgan fingerprint density at radius 3 is 3.13 bits per heavy atom. The first-order valence-electron chi connectivity index (χ1n) is 5.74. The molecular formula is C12H20N2S. The molecule has 1 aromatic heterocycles. The summed E-state index contributed by atoms with van der Waals surface area (Å²) in [6, 6.07) is 3.55. The summed E-state index contributed by atoms with van der Waals surface area (Å²) in [4.78, 5) is 2.59. The number of hydrogen-bond donors (Lipinski definition) is 1. The number of hydrogen-bond acceptors (Lipinski definition) is 3. The van der Waals surface area contributed by atoms with Crippen LogP contribution in [0.4, 0.5) is 0 Å². The van der Waals surface area contributed by atoms with Crippen molar-refractivity contribution >= 4 is 11.3 Å². The summed E-state index contributed by atoms with van der Waals surface area (Å²) >= 11 is 1.79. The minimum absolute atomic E-state index is 0.619. The number of rotatable bonds is 2. The minimum atomic E-state index is 0.619. The van der Waals surface area contributed by atoms with E-state index in [2.05, 4.69) is 40.9 Å². The topological polar surface area (TPSA) is 15.3 Å². The van der Waals surface area contributed by atoms with Gasteiger partial charge < -0.3 is 5.32 Å². The van der Waals surface area contributed by atoms with Crippen LogP contribution < -0.4 is 5.32 Å². The summed E-state index contributed by atoms with van der Waals surface area (Å²) in [6.07, 6.45) is 1.26. The van der Waals surface area contributed by atoms with E-state index in [9.17, 15) is 0 Å². The van der Waals surface area contributed by atoms with Crippen molar-refractivity contribution in [3.05, 3.63) is 22.4 Å². The fraction of sp³-hybridized carbons (Fsp3) is 0.667. The zero-order valence-electron chi connectivity index (χ0n) is 9.57. The average molecular weight is 224 g/mol. The van der Waals surface area contributed by atoms with E-state index in [1.165, 1.54) is 12.0 Å². The highest BCUT2D eigenvalue weighted by Crippen LogP contribution is 2.15. The van der Waals surface area contributed by atoms with Gasteiger partial charge in [0, 0.05) is 25.2 Å². The van der Waals surface area contributed by atoms with E-state index in [4.69, 9.17) is 0 Å². The van der Waals surface area contributed by atoms with Crippen LogP contribution in [-0.2, 0) is 6.54 Å². The van der Waals surface area contributed by atoms with Gasteiger partial charge in [0.1, 0.15) is 0 Å². The lowest BCUT2D eigenvalue weighted by Crippen LogP contribution is -2.37. The van der Waals surface area contributed by atoms with Crippen LogP contribution in [0.2, 0.25) is 0 Å². The molecule has 0 spiro atoms. The Bertz CT molecular complexity index is 284. The van der Waals surface area contributed by atoms with E-state index in [1.54, 1.807) is 11.3 Å². The molecule has 2 unspecified atom stereocenters. The van der Waals surface area contributed by atoms with E-state index >= 15 is 0 Å². The Labute approximate surface area is 96.3 Å². The van der Waals surface area contributed by atoms with Gasteiger partial charge in [-0.2, -0.15) is 11.3 Å². The third-order valence-corrected chi connectivity index (χ3v) is 3.88. The van der Waals surface area contributed by atoms with Gasteiger partial charge in [-0.1, -0.05) is 0 Å². The maximum atomic E-state index is 3.55. The van der Waals surface area contributed by atoms with Gasteiger partial charge in [0.05, 0.1) is 0 Å². The van der Waals surface area contributed by atoms with Crippen LogP contribution in [0, 0.1) is 0 Å². The van der Waals surface area contributed by atoms with E-state index in [1.807, 2.05) is 0 Å². The highest BCUT2D eigenvalue weighted by molar-refractivity contribution is 7.07. The molecule has 1 fully saturated rings. The van der Waals surface area contributed by atoms with Crippen LogP contribution in [0.5, 0.6) is 0 Å². The molecule has 3 heteroatoms. The van der Waals surface area contributed by atoms with Crippen molar-refractivity contribution in [2.45, 2.75) is 38.9 Å². The van der Waals surface area contributed by atoms with Gasteiger partial charge in [-0.05, 0) is 49.2 Å². The second kappa shape index (κ2) is 5.10. The molecule has 0 amide bonds. The second-order valence-electron chi connectivity index (χ2n) is 4.55. The quantitative estimate of drug-likeness (QED) is 0.829. The lowest BCUT2D eigenvalue weighted by Gasteiger charge is -2.27. The Kier molecular flexibility index (Phi) is 3.78. The average Bonchev–Trinajstić information content (AvgIpc) is 2.63. The second-order valence-corrected chi connectivity index (χ2v) is 5.33. The van der Waals surface area contributed by atoms with Crippen molar-refractivity contribution in [2.24, 2.45) is 0 Å². The standard InChI is InChI=1S/C12H20N2S/c1-10-7-14(11(2)3-5-13-10)8-12-4-6-15-9-12/h4,6,9-11,13H,3,5,7-8H2,1-2H3. The molecule has 1 aromatic rings. The van der Waals surface area contributed by atoms with Crippen LogP contribution in [0.1, 0.15) is 25.8 Å². The van der Waals surface area contributed by atoms with Gasteiger partial charge >= 0.3 is 0 Å². The van der Waals surface area contributed by atoms with Crippen molar-refractivity contribution in [3.8, 4) is 0 Å². The Morgan fingerprint density at radius 1 is 1.53 bits per heavy atom. The summed E-state index contributed by atoms with van der Waals surface area (Å²) in [5, 5.41) is 7.97. The summed E-state index contributed by atoms with van der Waals surface area (Å²) in [7, 11) is 0.